The highest BCUT2D eigenvalue weighted by atomic mass is 19.4. The Labute approximate surface area is 112 Å². The Bertz CT molecular complexity index is 549. The molecular formula is C12H10F3NO4. The average molecular weight is 289 g/mol. The summed E-state index contributed by atoms with van der Waals surface area (Å²) in [6, 6.07) is 3.31. The topological polar surface area (TPSA) is 79.5 Å². The number of nitrogens with zero attached hydrogens (tertiary/aromatic N) is 1. The van der Waals surface area contributed by atoms with Gasteiger partial charge in [-0.25, -0.2) is 0 Å². The van der Waals surface area contributed by atoms with Gasteiger partial charge >= 0.3 is 12.3 Å². The van der Waals surface area contributed by atoms with Crippen LogP contribution in [0.3, 0.4) is 0 Å². The zero-order valence-corrected chi connectivity index (χ0v) is 10.3. The third-order valence-corrected chi connectivity index (χ3v) is 2.17. The second kappa shape index (κ2) is 6.14. The van der Waals surface area contributed by atoms with Gasteiger partial charge in [0, 0.05) is 5.56 Å². The molecule has 0 saturated carbocycles. The number of aromatic hydroxyl groups is 1. The molecule has 0 unspecified atom stereocenters. The molecule has 8 heteroatoms. The summed E-state index contributed by atoms with van der Waals surface area (Å²) in [5, 5.41) is 18.3. The molecule has 20 heavy (non-hydrogen) atoms. The highest BCUT2D eigenvalue weighted by Crippen LogP contribution is 2.34. The molecule has 1 aromatic carbocycles. The summed E-state index contributed by atoms with van der Waals surface area (Å²) in [4.78, 5) is 11.3. The van der Waals surface area contributed by atoms with E-state index < -0.39 is 30.3 Å². The zero-order valence-electron chi connectivity index (χ0n) is 10.3. The van der Waals surface area contributed by atoms with E-state index in [-0.39, 0.29) is 17.7 Å². The van der Waals surface area contributed by atoms with Crippen molar-refractivity contribution in [3.8, 4) is 17.6 Å². The summed E-state index contributed by atoms with van der Waals surface area (Å²) in [7, 11) is 0. The largest absolute Gasteiger partial charge is 0.573 e. The number of benzene rings is 1. The van der Waals surface area contributed by atoms with E-state index in [1.54, 1.807) is 6.07 Å². The standard InChI is InChI=1S/C12H10F3NO4/c1-2-19-11(18)5-8-9(17)3-7(6-16)4-10(8)20-12(13,14)15/h3-4,17H,2,5H2,1H3. The Morgan fingerprint density at radius 3 is 2.60 bits per heavy atom. The van der Waals surface area contributed by atoms with Crippen LogP contribution in [-0.2, 0) is 16.0 Å². The second-order valence-corrected chi connectivity index (χ2v) is 3.61. The number of carbonyl (C=O) groups is 1. The van der Waals surface area contributed by atoms with Gasteiger partial charge in [-0.15, -0.1) is 13.2 Å². The van der Waals surface area contributed by atoms with Crippen molar-refractivity contribution in [3.63, 3.8) is 0 Å². The van der Waals surface area contributed by atoms with Gasteiger partial charge in [0.15, 0.2) is 0 Å². The first-order valence-electron chi connectivity index (χ1n) is 5.44. The van der Waals surface area contributed by atoms with Crippen LogP contribution in [0.5, 0.6) is 11.5 Å². The molecule has 0 amide bonds. The smallest absolute Gasteiger partial charge is 0.507 e. The van der Waals surface area contributed by atoms with Gasteiger partial charge in [-0.1, -0.05) is 0 Å². The Morgan fingerprint density at radius 2 is 2.10 bits per heavy atom. The van der Waals surface area contributed by atoms with Crippen LogP contribution in [0.2, 0.25) is 0 Å². The van der Waals surface area contributed by atoms with E-state index in [9.17, 15) is 23.1 Å². The van der Waals surface area contributed by atoms with E-state index in [0.29, 0.717) is 0 Å². The van der Waals surface area contributed by atoms with E-state index >= 15 is 0 Å². The predicted molar refractivity (Wildman–Crippen MR) is 59.8 cm³/mol. The number of ether oxygens (including phenoxy) is 2. The van der Waals surface area contributed by atoms with Gasteiger partial charge in [0.05, 0.1) is 24.7 Å². The Hall–Kier alpha value is -2.43. The molecule has 0 aliphatic rings. The van der Waals surface area contributed by atoms with Crippen LogP contribution in [-0.4, -0.2) is 24.0 Å². The normalized spacial score (nSPS) is 10.8. The number of hydrogen-bond acceptors (Lipinski definition) is 5. The molecule has 1 N–H and O–H groups in total. The molecule has 108 valence electrons. The fourth-order valence-corrected chi connectivity index (χ4v) is 1.44. The molecule has 1 aromatic rings. The summed E-state index contributed by atoms with van der Waals surface area (Å²) in [6.07, 6.45) is -5.61. The van der Waals surface area contributed by atoms with E-state index in [2.05, 4.69) is 9.47 Å². The van der Waals surface area contributed by atoms with Crippen molar-refractivity contribution in [1.29, 1.82) is 5.26 Å². The lowest BCUT2D eigenvalue weighted by Crippen LogP contribution is -2.19. The number of halogens is 3. The molecule has 0 saturated heterocycles. The fraction of sp³-hybridized carbons (Fsp3) is 0.333. The molecule has 0 fully saturated rings. The highest BCUT2D eigenvalue weighted by molar-refractivity contribution is 5.75. The summed E-state index contributed by atoms with van der Waals surface area (Å²) >= 11 is 0. The molecule has 0 heterocycles. The van der Waals surface area contributed by atoms with Gasteiger partial charge in [-0.3, -0.25) is 4.79 Å². The SMILES string of the molecule is CCOC(=O)Cc1c(O)cc(C#N)cc1OC(F)(F)F. The lowest BCUT2D eigenvalue weighted by atomic mass is 10.1. The van der Waals surface area contributed by atoms with Gasteiger partial charge in [0.2, 0.25) is 0 Å². The Morgan fingerprint density at radius 1 is 1.45 bits per heavy atom. The minimum atomic E-state index is -5.01. The van der Waals surface area contributed by atoms with Gasteiger partial charge in [0.1, 0.15) is 11.5 Å². The number of phenols is 1. The van der Waals surface area contributed by atoms with Crippen LogP contribution in [0.25, 0.3) is 0 Å². The molecule has 0 bridgehead atoms. The van der Waals surface area contributed by atoms with E-state index in [1.165, 1.54) is 6.92 Å². The van der Waals surface area contributed by atoms with Crippen LogP contribution in [0.1, 0.15) is 18.1 Å². The zero-order chi connectivity index (χ0) is 15.3. The third kappa shape index (κ3) is 4.35. The van der Waals surface area contributed by atoms with Gasteiger partial charge in [-0.05, 0) is 19.1 Å². The van der Waals surface area contributed by atoms with Crippen LogP contribution in [0.4, 0.5) is 13.2 Å². The molecule has 0 aromatic heterocycles. The molecule has 5 nitrogen and oxygen atoms in total. The minimum absolute atomic E-state index is 0.0470. The number of alkyl halides is 3. The van der Waals surface area contributed by atoms with Crippen molar-refractivity contribution >= 4 is 5.97 Å². The fourth-order valence-electron chi connectivity index (χ4n) is 1.44. The maximum absolute atomic E-state index is 12.3. The van der Waals surface area contributed by atoms with Gasteiger partial charge in [-0.2, -0.15) is 5.26 Å². The number of carbonyl (C=O) groups excluding carboxylic acids is 1. The van der Waals surface area contributed by atoms with E-state index in [0.717, 1.165) is 12.1 Å². The van der Waals surface area contributed by atoms with Crippen molar-refractivity contribution in [1.82, 2.24) is 0 Å². The molecule has 0 aliphatic carbocycles. The van der Waals surface area contributed by atoms with Crippen molar-refractivity contribution in [2.45, 2.75) is 19.7 Å². The summed E-state index contributed by atoms with van der Waals surface area (Å²) in [5.41, 5.74) is -0.617. The Balaban J connectivity index is 3.19. The first-order valence-corrected chi connectivity index (χ1v) is 5.44. The van der Waals surface area contributed by atoms with E-state index in [1.807, 2.05) is 0 Å². The molecule has 0 radical (unpaired) electrons. The molecular weight excluding hydrogens is 279 g/mol. The van der Waals surface area contributed by atoms with Crippen molar-refractivity contribution < 1.29 is 32.5 Å². The molecule has 0 spiro atoms. The van der Waals surface area contributed by atoms with Crippen LogP contribution in [0.15, 0.2) is 12.1 Å². The number of esters is 1. The molecule has 0 atom stereocenters. The Kier molecular flexibility index (Phi) is 4.80. The lowest BCUT2D eigenvalue weighted by molar-refractivity contribution is -0.275. The predicted octanol–water partition coefficient (Wildman–Crippen LogP) is 2.27. The number of nitriles is 1. The van der Waals surface area contributed by atoms with Gasteiger partial charge < -0.3 is 14.6 Å². The monoisotopic (exact) mass is 289 g/mol. The summed E-state index contributed by atoms with van der Waals surface area (Å²) in [5.74, 6) is -2.27. The first-order chi connectivity index (χ1) is 9.26. The van der Waals surface area contributed by atoms with Gasteiger partial charge in [0.25, 0.3) is 0 Å². The van der Waals surface area contributed by atoms with Crippen LogP contribution >= 0.6 is 0 Å². The van der Waals surface area contributed by atoms with E-state index in [4.69, 9.17) is 5.26 Å². The highest BCUT2D eigenvalue weighted by Gasteiger charge is 2.33. The average Bonchev–Trinajstić information content (AvgIpc) is 2.31. The second-order valence-electron chi connectivity index (χ2n) is 3.61. The lowest BCUT2D eigenvalue weighted by Gasteiger charge is -2.14. The van der Waals surface area contributed by atoms with Crippen LogP contribution < -0.4 is 4.74 Å². The summed E-state index contributed by atoms with van der Waals surface area (Å²) in [6.45, 7) is 1.58. The minimum Gasteiger partial charge on any atom is -0.507 e. The van der Waals surface area contributed by atoms with Crippen molar-refractivity contribution in [3.05, 3.63) is 23.3 Å². The number of rotatable bonds is 4. The number of phenolic OH excluding ortho intramolecular Hbond substituents is 1. The maximum atomic E-state index is 12.3. The molecule has 1 rings (SSSR count). The number of hydrogen-bond donors (Lipinski definition) is 1. The third-order valence-electron chi connectivity index (χ3n) is 2.17. The van der Waals surface area contributed by atoms with Crippen LogP contribution in [0, 0.1) is 11.3 Å². The van der Waals surface area contributed by atoms with Crippen molar-refractivity contribution in [2.24, 2.45) is 0 Å². The quantitative estimate of drug-likeness (QED) is 0.860. The molecule has 0 aliphatic heterocycles. The van der Waals surface area contributed by atoms with Crippen molar-refractivity contribution in [2.75, 3.05) is 6.61 Å². The summed E-state index contributed by atoms with van der Waals surface area (Å²) < 4.78 is 45.1. The first kappa shape index (κ1) is 15.6. The maximum Gasteiger partial charge on any atom is 0.573 e.